The molecule has 0 unspecified atom stereocenters. The van der Waals surface area contributed by atoms with Gasteiger partial charge in [0.15, 0.2) is 0 Å². The first-order valence-corrected chi connectivity index (χ1v) is 11.3. The van der Waals surface area contributed by atoms with Crippen molar-refractivity contribution in [2.45, 2.75) is 24.7 Å². The quantitative estimate of drug-likeness (QED) is 0.554. The molecule has 0 saturated carbocycles. The van der Waals surface area contributed by atoms with Crippen molar-refractivity contribution in [2.75, 3.05) is 17.9 Å². The molecule has 30 heavy (non-hydrogen) atoms. The summed E-state index contributed by atoms with van der Waals surface area (Å²) < 4.78 is 27.1. The van der Waals surface area contributed by atoms with Crippen molar-refractivity contribution in [1.82, 2.24) is 5.32 Å². The number of benzene rings is 3. The highest BCUT2D eigenvalue weighted by Gasteiger charge is 2.22. The number of amides is 1. The Balaban J connectivity index is 1.63. The van der Waals surface area contributed by atoms with Gasteiger partial charge in [-0.1, -0.05) is 54.1 Å². The summed E-state index contributed by atoms with van der Waals surface area (Å²) in [7, 11) is -2.26. The molecule has 3 aromatic carbocycles. The largest absolute Gasteiger partial charge is 0.352 e. The van der Waals surface area contributed by atoms with E-state index in [2.05, 4.69) is 30.4 Å². The van der Waals surface area contributed by atoms with Crippen molar-refractivity contribution in [1.29, 1.82) is 0 Å². The molecule has 0 aliphatic rings. The third kappa shape index (κ3) is 5.27. The first-order valence-electron chi connectivity index (χ1n) is 9.86. The van der Waals surface area contributed by atoms with Crippen molar-refractivity contribution in [2.24, 2.45) is 0 Å². The van der Waals surface area contributed by atoms with Crippen LogP contribution >= 0.6 is 0 Å². The fraction of sp³-hybridized carbons (Fsp3) is 0.208. The fourth-order valence-corrected chi connectivity index (χ4v) is 4.44. The Morgan fingerprint density at radius 2 is 1.67 bits per heavy atom. The Kier molecular flexibility index (Phi) is 6.90. The molecule has 156 valence electrons. The molecule has 1 amide bonds. The third-order valence-corrected chi connectivity index (χ3v) is 6.67. The minimum atomic E-state index is -3.76. The zero-order chi connectivity index (χ0) is 21.6. The van der Waals surface area contributed by atoms with Gasteiger partial charge in [0.1, 0.15) is 0 Å². The molecular weight excluding hydrogens is 396 g/mol. The third-order valence-electron chi connectivity index (χ3n) is 4.88. The van der Waals surface area contributed by atoms with Gasteiger partial charge >= 0.3 is 0 Å². The summed E-state index contributed by atoms with van der Waals surface area (Å²) in [5.41, 5.74) is 3.34. The van der Waals surface area contributed by atoms with E-state index in [1.54, 1.807) is 36.4 Å². The second-order valence-corrected chi connectivity index (χ2v) is 9.15. The van der Waals surface area contributed by atoms with E-state index in [9.17, 15) is 13.2 Å². The maximum atomic E-state index is 12.9. The molecule has 0 aliphatic carbocycles. The first-order chi connectivity index (χ1) is 14.4. The van der Waals surface area contributed by atoms with E-state index in [1.807, 2.05) is 12.1 Å². The molecule has 1 N–H and O–H groups in total. The zero-order valence-electron chi connectivity index (χ0n) is 17.2. The minimum Gasteiger partial charge on any atom is -0.352 e. The van der Waals surface area contributed by atoms with E-state index in [4.69, 9.17) is 0 Å². The number of sulfonamides is 1. The van der Waals surface area contributed by atoms with Crippen LogP contribution < -0.4 is 9.62 Å². The van der Waals surface area contributed by atoms with E-state index >= 15 is 0 Å². The van der Waals surface area contributed by atoms with Crippen molar-refractivity contribution >= 4 is 21.6 Å². The van der Waals surface area contributed by atoms with Gasteiger partial charge in [0, 0.05) is 19.2 Å². The minimum absolute atomic E-state index is 0.0845. The summed E-state index contributed by atoms with van der Waals surface area (Å²) in [6, 6.07) is 23.3. The van der Waals surface area contributed by atoms with Crippen molar-refractivity contribution in [3.05, 3.63) is 95.6 Å². The molecule has 5 nitrogen and oxygen atoms in total. The SMILES string of the molecule is Cc1cccc(CCCNC(=O)c2cccc(S(=O)(=O)N(C)c3ccccc3)c2)c1. The Hall–Kier alpha value is -3.12. The number of para-hydroxylation sites is 1. The summed E-state index contributed by atoms with van der Waals surface area (Å²) in [5, 5.41) is 2.88. The molecule has 0 atom stereocenters. The topological polar surface area (TPSA) is 66.5 Å². The summed E-state index contributed by atoms with van der Waals surface area (Å²) in [6.45, 7) is 2.58. The van der Waals surface area contributed by atoms with Gasteiger partial charge in [-0.05, 0) is 55.7 Å². The van der Waals surface area contributed by atoms with Gasteiger partial charge in [-0.15, -0.1) is 0 Å². The summed E-state index contributed by atoms with van der Waals surface area (Å²) in [6.07, 6.45) is 1.68. The van der Waals surface area contributed by atoms with Crippen LogP contribution in [0.3, 0.4) is 0 Å². The second kappa shape index (κ2) is 9.59. The summed E-state index contributed by atoms with van der Waals surface area (Å²) >= 11 is 0. The number of nitrogens with zero attached hydrogens (tertiary/aromatic N) is 1. The monoisotopic (exact) mass is 422 g/mol. The summed E-state index contributed by atoms with van der Waals surface area (Å²) in [4.78, 5) is 12.6. The summed E-state index contributed by atoms with van der Waals surface area (Å²) in [5.74, 6) is -0.279. The van der Waals surface area contributed by atoms with E-state index < -0.39 is 10.0 Å². The Morgan fingerprint density at radius 3 is 2.40 bits per heavy atom. The van der Waals surface area contributed by atoms with E-state index in [0.717, 1.165) is 12.8 Å². The molecule has 0 spiro atoms. The van der Waals surface area contributed by atoms with Crippen molar-refractivity contribution < 1.29 is 13.2 Å². The van der Waals surface area contributed by atoms with Gasteiger partial charge < -0.3 is 5.32 Å². The molecule has 0 saturated heterocycles. The van der Waals surface area contributed by atoms with Crippen molar-refractivity contribution in [3.8, 4) is 0 Å². The molecule has 3 rings (SSSR count). The van der Waals surface area contributed by atoms with Gasteiger partial charge in [-0.3, -0.25) is 9.10 Å². The van der Waals surface area contributed by atoms with E-state index in [-0.39, 0.29) is 10.8 Å². The average molecular weight is 423 g/mol. The van der Waals surface area contributed by atoms with Crippen LogP contribution in [0.4, 0.5) is 5.69 Å². The Morgan fingerprint density at radius 1 is 0.933 bits per heavy atom. The average Bonchev–Trinajstić information content (AvgIpc) is 2.77. The van der Waals surface area contributed by atoms with Gasteiger partial charge in [0.25, 0.3) is 15.9 Å². The molecular formula is C24H26N2O3S. The Labute approximate surface area is 178 Å². The highest BCUT2D eigenvalue weighted by molar-refractivity contribution is 7.92. The van der Waals surface area contributed by atoms with Crippen molar-refractivity contribution in [3.63, 3.8) is 0 Å². The van der Waals surface area contributed by atoms with E-state index in [0.29, 0.717) is 17.8 Å². The van der Waals surface area contributed by atoms with Gasteiger partial charge in [-0.25, -0.2) is 8.42 Å². The predicted molar refractivity (Wildman–Crippen MR) is 120 cm³/mol. The number of aryl methyl sites for hydroxylation is 2. The van der Waals surface area contributed by atoms with Gasteiger partial charge in [0.05, 0.1) is 10.6 Å². The molecule has 0 fully saturated rings. The number of nitrogens with one attached hydrogen (secondary N) is 1. The number of anilines is 1. The number of rotatable bonds is 8. The second-order valence-electron chi connectivity index (χ2n) is 7.18. The molecule has 6 heteroatoms. The van der Waals surface area contributed by atoms with Gasteiger partial charge in [0.2, 0.25) is 0 Å². The lowest BCUT2D eigenvalue weighted by atomic mass is 10.1. The molecule has 0 aromatic heterocycles. The van der Waals surface area contributed by atoms with Crippen LogP contribution in [0.15, 0.2) is 83.8 Å². The van der Waals surface area contributed by atoms with Crippen LogP contribution in [0.1, 0.15) is 27.9 Å². The number of carbonyl (C=O) groups excluding carboxylic acids is 1. The number of hydrogen-bond donors (Lipinski definition) is 1. The van der Waals surface area contributed by atoms with Crippen LogP contribution in [0.5, 0.6) is 0 Å². The van der Waals surface area contributed by atoms with Gasteiger partial charge in [-0.2, -0.15) is 0 Å². The Bertz CT molecular complexity index is 1110. The van der Waals surface area contributed by atoms with Crippen LogP contribution in [-0.2, 0) is 16.4 Å². The fourth-order valence-electron chi connectivity index (χ4n) is 3.20. The maximum Gasteiger partial charge on any atom is 0.264 e. The lowest BCUT2D eigenvalue weighted by molar-refractivity contribution is 0.0953. The first kappa shape index (κ1) is 21.6. The van der Waals surface area contributed by atoms with E-state index in [1.165, 1.54) is 34.6 Å². The number of hydrogen-bond acceptors (Lipinski definition) is 3. The number of carbonyl (C=O) groups is 1. The van der Waals surface area contributed by atoms with Crippen LogP contribution in [0.2, 0.25) is 0 Å². The molecule has 0 radical (unpaired) electrons. The molecule has 0 aliphatic heterocycles. The molecule has 3 aromatic rings. The molecule has 0 heterocycles. The predicted octanol–water partition coefficient (Wildman–Crippen LogP) is 4.18. The lowest BCUT2D eigenvalue weighted by Crippen LogP contribution is -2.28. The van der Waals surface area contributed by atoms with Crippen LogP contribution in [-0.4, -0.2) is 27.9 Å². The smallest absolute Gasteiger partial charge is 0.264 e. The normalized spacial score (nSPS) is 11.1. The highest BCUT2D eigenvalue weighted by atomic mass is 32.2. The lowest BCUT2D eigenvalue weighted by Gasteiger charge is -2.19. The standard InChI is InChI=1S/C24H26N2O3S/c1-19-9-6-10-20(17-19)11-8-16-25-24(27)21-12-7-15-23(18-21)30(28,29)26(2)22-13-4-3-5-14-22/h3-7,9-10,12-15,17-18H,8,11,16H2,1-2H3,(H,25,27). The van der Waals surface area contributed by atoms with Crippen LogP contribution in [0.25, 0.3) is 0 Å². The molecule has 0 bridgehead atoms. The maximum absolute atomic E-state index is 12.9. The highest BCUT2D eigenvalue weighted by Crippen LogP contribution is 2.22. The van der Waals surface area contributed by atoms with Crippen LogP contribution in [0, 0.1) is 6.92 Å². The zero-order valence-corrected chi connectivity index (χ0v) is 18.0.